The van der Waals surface area contributed by atoms with Crippen LogP contribution in [0.3, 0.4) is 0 Å². The van der Waals surface area contributed by atoms with Crippen molar-refractivity contribution in [3.63, 3.8) is 0 Å². The van der Waals surface area contributed by atoms with E-state index in [-0.39, 0.29) is 16.1 Å². The monoisotopic (exact) mass is 299 g/mol. The van der Waals surface area contributed by atoms with Gasteiger partial charge in [-0.05, 0) is 6.07 Å². The summed E-state index contributed by atoms with van der Waals surface area (Å²) in [6, 6.07) is 3.98. The first-order valence-electron chi connectivity index (χ1n) is 5.06. The molecule has 0 amide bonds. The zero-order chi connectivity index (χ0) is 14.6. The van der Waals surface area contributed by atoms with Crippen LogP contribution in [-0.2, 0) is 11.3 Å². The second kappa shape index (κ2) is 6.25. The molecule has 8 heteroatoms. The Morgan fingerprint density at radius 3 is 2.53 bits per heavy atom. The van der Waals surface area contributed by atoms with E-state index in [9.17, 15) is 22.0 Å². The van der Waals surface area contributed by atoms with Crippen molar-refractivity contribution in [2.24, 2.45) is 5.73 Å². The van der Waals surface area contributed by atoms with Crippen LogP contribution in [0.25, 0.3) is 0 Å². The highest BCUT2D eigenvalue weighted by molar-refractivity contribution is 7.80. The molecule has 0 aromatic heterocycles. The van der Waals surface area contributed by atoms with Crippen molar-refractivity contribution in [1.29, 1.82) is 0 Å². The van der Waals surface area contributed by atoms with Crippen molar-refractivity contribution < 1.29 is 26.7 Å². The van der Waals surface area contributed by atoms with Gasteiger partial charge in [0.1, 0.15) is 17.4 Å². The van der Waals surface area contributed by atoms with Gasteiger partial charge < -0.3 is 10.5 Å². The lowest BCUT2D eigenvalue weighted by molar-refractivity contribution is -0.168. The van der Waals surface area contributed by atoms with Gasteiger partial charge in [-0.25, -0.2) is 13.2 Å². The quantitative estimate of drug-likeness (QED) is 0.648. The summed E-state index contributed by atoms with van der Waals surface area (Å²) in [6.45, 7) is -2.08. The standard InChI is InChI=1S/C11H10F5NOS/c12-8-6(2-1-3-7(8)9(17)19)4-18-5-11(15,16)10(13)14/h1-3,10H,4-5H2,(H2,17,19). The maximum absolute atomic E-state index is 13.7. The van der Waals surface area contributed by atoms with Crippen LogP contribution in [0, 0.1) is 5.82 Å². The van der Waals surface area contributed by atoms with Crippen LogP contribution in [-0.4, -0.2) is 23.9 Å². The molecular formula is C11H10F5NOS. The van der Waals surface area contributed by atoms with Gasteiger partial charge in [-0.3, -0.25) is 0 Å². The van der Waals surface area contributed by atoms with Crippen molar-refractivity contribution >= 4 is 17.2 Å². The first kappa shape index (κ1) is 15.8. The number of ether oxygens (including phenoxy) is 1. The number of nitrogens with two attached hydrogens (primary N) is 1. The van der Waals surface area contributed by atoms with Crippen LogP contribution in [0.5, 0.6) is 0 Å². The Bertz CT molecular complexity index is 466. The SMILES string of the molecule is NC(=S)c1cccc(COCC(F)(F)C(F)F)c1F. The second-order valence-electron chi connectivity index (χ2n) is 3.70. The van der Waals surface area contributed by atoms with Gasteiger partial charge in [-0.1, -0.05) is 24.4 Å². The van der Waals surface area contributed by atoms with Crippen molar-refractivity contribution in [1.82, 2.24) is 0 Å². The van der Waals surface area contributed by atoms with E-state index in [1.54, 1.807) is 0 Å². The fourth-order valence-corrected chi connectivity index (χ4v) is 1.40. The molecule has 106 valence electrons. The zero-order valence-corrected chi connectivity index (χ0v) is 10.3. The van der Waals surface area contributed by atoms with Crippen LogP contribution in [0.2, 0.25) is 0 Å². The molecule has 0 bridgehead atoms. The predicted molar refractivity (Wildman–Crippen MR) is 62.9 cm³/mol. The first-order valence-corrected chi connectivity index (χ1v) is 5.47. The topological polar surface area (TPSA) is 35.2 Å². The van der Waals surface area contributed by atoms with Crippen LogP contribution in [0.1, 0.15) is 11.1 Å². The van der Waals surface area contributed by atoms with Crippen molar-refractivity contribution in [3.05, 3.63) is 35.1 Å². The predicted octanol–water partition coefficient (Wildman–Crippen LogP) is 2.88. The molecule has 1 aromatic rings. The smallest absolute Gasteiger partial charge is 0.330 e. The van der Waals surface area contributed by atoms with Gasteiger partial charge in [0.05, 0.1) is 6.61 Å². The molecule has 0 heterocycles. The average molecular weight is 299 g/mol. The Morgan fingerprint density at radius 2 is 2.00 bits per heavy atom. The third kappa shape index (κ3) is 4.10. The lowest BCUT2D eigenvalue weighted by Gasteiger charge is -2.15. The molecule has 0 saturated heterocycles. The van der Waals surface area contributed by atoms with E-state index >= 15 is 0 Å². The minimum atomic E-state index is -4.27. The Balaban J connectivity index is 2.69. The summed E-state index contributed by atoms with van der Waals surface area (Å²) < 4.78 is 66.9. The van der Waals surface area contributed by atoms with E-state index in [1.165, 1.54) is 18.2 Å². The molecule has 0 radical (unpaired) electrons. The van der Waals surface area contributed by atoms with Crippen LogP contribution < -0.4 is 5.73 Å². The summed E-state index contributed by atoms with van der Waals surface area (Å²) in [4.78, 5) is -0.197. The molecular weight excluding hydrogens is 289 g/mol. The molecule has 0 fully saturated rings. The van der Waals surface area contributed by atoms with Gasteiger partial charge in [-0.15, -0.1) is 0 Å². The van der Waals surface area contributed by atoms with E-state index < -0.39 is 31.4 Å². The highest BCUT2D eigenvalue weighted by atomic mass is 32.1. The van der Waals surface area contributed by atoms with Gasteiger partial charge in [-0.2, -0.15) is 8.78 Å². The molecule has 2 N–H and O–H groups in total. The van der Waals surface area contributed by atoms with Crippen molar-refractivity contribution in [3.8, 4) is 0 Å². The molecule has 0 aliphatic carbocycles. The van der Waals surface area contributed by atoms with Crippen LogP contribution >= 0.6 is 12.2 Å². The minimum Gasteiger partial charge on any atom is -0.389 e. The normalized spacial score (nSPS) is 11.9. The maximum atomic E-state index is 13.7. The third-order valence-electron chi connectivity index (χ3n) is 2.22. The largest absolute Gasteiger partial charge is 0.389 e. The fourth-order valence-electron chi connectivity index (χ4n) is 1.24. The molecule has 19 heavy (non-hydrogen) atoms. The van der Waals surface area contributed by atoms with E-state index in [2.05, 4.69) is 17.0 Å². The van der Waals surface area contributed by atoms with E-state index in [0.29, 0.717) is 0 Å². The zero-order valence-electron chi connectivity index (χ0n) is 9.51. The molecule has 1 aromatic carbocycles. The molecule has 0 atom stereocenters. The van der Waals surface area contributed by atoms with Gasteiger partial charge in [0.2, 0.25) is 0 Å². The molecule has 0 aliphatic heterocycles. The Morgan fingerprint density at radius 1 is 1.37 bits per heavy atom. The number of benzene rings is 1. The molecule has 0 saturated carbocycles. The fraction of sp³-hybridized carbons (Fsp3) is 0.364. The minimum absolute atomic E-state index is 0.0586. The second-order valence-corrected chi connectivity index (χ2v) is 4.14. The Kier molecular flexibility index (Phi) is 5.19. The van der Waals surface area contributed by atoms with E-state index in [1.807, 2.05) is 0 Å². The Labute approximate surface area is 111 Å². The Hall–Kier alpha value is -1.28. The van der Waals surface area contributed by atoms with Gasteiger partial charge >= 0.3 is 12.3 Å². The number of hydrogen-bond donors (Lipinski definition) is 1. The van der Waals surface area contributed by atoms with Gasteiger partial charge in [0, 0.05) is 11.1 Å². The van der Waals surface area contributed by atoms with Gasteiger partial charge in [0.25, 0.3) is 0 Å². The summed E-state index contributed by atoms with van der Waals surface area (Å²) in [5.41, 5.74) is 5.11. The number of alkyl halides is 4. The highest BCUT2D eigenvalue weighted by Gasteiger charge is 2.40. The summed E-state index contributed by atoms with van der Waals surface area (Å²) in [5.74, 6) is -5.08. The highest BCUT2D eigenvalue weighted by Crippen LogP contribution is 2.23. The summed E-state index contributed by atoms with van der Waals surface area (Å²) >= 11 is 4.59. The summed E-state index contributed by atoms with van der Waals surface area (Å²) in [5, 5.41) is 0. The van der Waals surface area contributed by atoms with Crippen molar-refractivity contribution in [2.75, 3.05) is 6.61 Å². The summed E-state index contributed by atoms with van der Waals surface area (Å²) in [6.07, 6.45) is -3.83. The number of hydrogen-bond acceptors (Lipinski definition) is 2. The lowest BCUT2D eigenvalue weighted by Crippen LogP contribution is -2.32. The van der Waals surface area contributed by atoms with Crippen molar-refractivity contribution in [2.45, 2.75) is 19.0 Å². The van der Waals surface area contributed by atoms with E-state index in [4.69, 9.17) is 5.73 Å². The number of rotatable bonds is 6. The third-order valence-corrected chi connectivity index (χ3v) is 2.44. The maximum Gasteiger partial charge on any atom is 0.330 e. The molecule has 1 rings (SSSR count). The van der Waals surface area contributed by atoms with E-state index in [0.717, 1.165) is 0 Å². The van der Waals surface area contributed by atoms with Gasteiger partial charge in [0.15, 0.2) is 0 Å². The molecule has 0 spiro atoms. The average Bonchev–Trinajstić information content (AvgIpc) is 2.30. The van der Waals surface area contributed by atoms with Crippen LogP contribution in [0.4, 0.5) is 22.0 Å². The van der Waals surface area contributed by atoms with Crippen LogP contribution in [0.15, 0.2) is 18.2 Å². The first-order chi connectivity index (χ1) is 8.75. The molecule has 2 nitrogen and oxygen atoms in total. The lowest BCUT2D eigenvalue weighted by atomic mass is 10.1. The molecule has 0 aliphatic rings. The number of halogens is 5. The number of thiocarbonyl (C=S) groups is 1. The summed E-state index contributed by atoms with van der Waals surface area (Å²) in [7, 11) is 0. The molecule has 0 unspecified atom stereocenters.